The van der Waals surface area contributed by atoms with Crippen LogP contribution in [0.1, 0.15) is 15.2 Å². The molecule has 0 saturated carbocycles. The first-order valence-corrected chi connectivity index (χ1v) is 4.94. The largest absolute Gasteiger partial charge is 0.477 e. The molecule has 2 aromatic rings. The van der Waals surface area contributed by atoms with E-state index in [4.69, 9.17) is 10.8 Å². The smallest absolute Gasteiger partial charge is 0.348 e. The minimum absolute atomic E-state index is 0.231. The third kappa shape index (κ3) is 1.15. The number of hydrogen-bond donors (Lipinski definition) is 2. The molecule has 1 aromatic carbocycles. The van der Waals surface area contributed by atoms with Crippen LogP contribution in [0.2, 0.25) is 0 Å². The van der Waals surface area contributed by atoms with Crippen LogP contribution in [0.25, 0.3) is 10.1 Å². The van der Waals surface area contributed by atoms with Gasteiger partial charge < -0.3 is 10.8 Å². The predicted molar refractivity (Wildman–Crippen MR) is 57.9 cm³/mol. The van der Waals surface area contributed by atoms with E-state index in [2.05, 4.69) is 0 Å². The summed E-state index contributed by atoms with van der Waals surface area (Å²) in [6.07, 6.45) is 0. The second-order valence-corrected chi connectivity index (χ2v) is 4.12. The van der Waals surface area contributed by atoms with Gasteiger partial charge in [-0.05, 0) is 12.5 Å². The lowest BCUT2D eigenvalue weighted by atomic mass is 10.1. The zero-order chi connectivity index (χ0) is 10.3. The van der Waals surface area contributed by atoms with Gasteiger partial charge in [0.15, 0.2) is 0 Å². The van der Waals surface area contributed by atoms with Crippen LogP contribution >= 0.6 is 11.3 Å². The van der Waals surface area contributed by atoms with Crippen molar-refractivity contribution in [1.29, 1.82) is 0 Å². The highest BCUT2D eigenvalue weighted by Gasteiger charge is 2.15. The minimum Gasteiger partial charge on any atom is -0.477 e. The molecular weight excluding hydrogens is 198 g/mol. The number of nitrogens with two attached hydrogens (primary N) is 1. The van der Waals surface area contributed by atoms with Crippen molar-refractivity contribution in [1.82, 2.24) is 0 Å². The lowest BCUT2D eigenvalue weighted by molar-refractivity contribution is 0.0703. The summed E-state index contributed by atoms with van der Waals surface area (Å²) >= 11 is 1.23. The molecule has 3 nitrogen and oxygen atoms in total. The first-order valence-electron chi connectivity index (χ1n) is 4.12. The van der Waals surface area contributed by atoms with Crippen LogP contribution in [0, 0.1) is 6.92 Å². The molecule has 0 saturated heterocycles. The fraction of sp³-hybridized carbons (Fsp3) is 0.100. The number of hydrogen-bond acceptors (Lipinski definition) is 3. The third-order valence-corrected chi connectivity index (χ3v) is 3.49. The number of aromatic carboxylic acids is 1. The maximum atomic E-state index is 10.8. The second kappa shape index (κ2) is 2.99. The summed E-state index contributed by atoms with van der Waals surface area (Å²) in [6.45, 7) is 1.95. The number of anilines is 1. The number of carboxylic acids is 1. The molecule has 72 valence electrons. The summed E-state index contributed by atoms with van der Waals surface area (Å²) in [5, 5.41) is 9.73. The van der Waals surface area contributed by atoms with E-state index in [0.29, 0.717) is 5.69 Å². The third-order valence-electron chi connectivity index (χ3n) is 2.15. The molecule has 4 heteroatoms. The maximum absolute atomic E-state index is 10.8. The Kier molecular flexibility index (Phi) is 1.93. The fourth-order valence-corrected chi connectivity index (χ4v) is 2.47. The number of fused-ring (bicyclic) bond motifs is 1. The molecule has 3 N–H and O–H groups in total. The van der Waals surface area contributed by atoms with Gasteiger partial charge in [0.2, 0.25) is 0 Å². The number of benzene rings is 1. The van der Waals surface area contributed by atoms with E-state index in [1.807, 2.05) is 25.1 Å². The first kappa shape index (κ1) is 9.02. The van der Waals surface area contributed by atoms with E-state index in [1.165, 1.54) is 11.3 Å². The molecule has 0 bridgehead atoms. The summed E-state index contributed by atoms with van der Waals surface area (Å²) in [6, 6.07) is 5.68. The molecule has 0 aliphatic heterocycles. The molecule has 0 aliphatic rings. The molecule has 0 spiro atoms. The van der Waals surface area contributed by atoms with Crippen LogP contribution in [0.15, 0.2) is 18.2 Å². The van der Waals surface area contributed by atoms with Gasteiger partial charge in [-0.25, -0.2) is 4.79 Å². The second-order valence-electron chi connectivity index (χ2n) is 3.10. The Labute approximate surface area is 84.8 Å². The van der Waals surface area contributed by atoms with Gasteiger partial charge in [0, 0.05) is 10.1 Å². The lowest BCUT2D eigenvalue weighted by Gasteiger charge is -1.94. The quantitative estimate of drug-likeness (QED) is 0.755. The number of rotatable bonds is 1. The van der Waals surface area contributed by atoms with E-state index in [-0.39, 0.29) is 4.88 Å². The molecule has 0 atom stereocenters. The zero-order valence-electron chi connectivity index (χ0n) is 7.57. The van der Waals surface area contributed by atoms with E-state index in [1.54, 1.807) is 0 Å². The van der Waals surface area contributed by atoms with Crippen LogP contribution in [-0.4, -0.2) is 11.1 Å². The summed E-state index contributed by atoms with van der Waals surface area (Å²) in [4.78, 5) is 11.1. The number of aryl methyl sites for hydroxylation is 1. The van der Waals surface area contributed by atoms with E-state index in [9.17, 15) is 4.79 Å². The van der Waals surface area contributed by atoms with Gasteiger partial charge in [-0.15, -0.1) is 11.3 Å². The molecule has 0 aliphatic carbocycles. The highest BCUT2D eigenvalue weighted by Crippen LogP contribution is 2.35. The van der Waals surface area contributed by atoms with Gasteiger partial charge in [-0.3, -0.25) is 0 Å². The molecule has 0 amide bonds. The SMILES string of the molecule is Cc1cccc2c(N)c(C(=O)O)sc12. The predicted octanol–water partition coefficient (Wildman–Crippen LogP) is 2.49. The monoisotopic (exact) mass is 207 g/mol. The number of carboxylic acid groups (broad SMARTS) is 1. The van der Waals surface area contributed by atoms with Gasteiger partial charge in [-0.1, -0.05) is 18.2 Å². The van der Waals surface area contributed by atoms with Crippen molar-refractivity contribution in [3.05, 3.63) is 28.6 Å². The fourth-order valence-electron chi connectivity index (χ4n) is 1.44. The van der Waals surface area contributed by atoms with Crippen LogP contribution in [-0.2, 0) is 0 Å². The average molecular weight is 207 g/mol. The van der Waals surface area contributed by atoms with Gasteiger partial charge in [-0.2, -0.15) is 0 Å². The van der Waals surface area contributed by atoms with Crippen molar-refractivity contribution < 1.29 is 9.90 Å². The Balaban J connectivity index is 2.86. The number of thiophene rings is 1. The number of carbonyl (C=O) groups is 1. The van der Waals surface area contributed by atoms with Crippen molar-refractivity contribution in [2.24, 2.45) is 0 Å². The lowest BCUT2D eigenvalue weighted by Crippen LogP contribution is -1.96. The van der Waals surface area contributed by atoms with Crippen molar-refractivity contribution in [3.8, 4) is 0 Å². The molecule has 2 rings (SSSR count). The molecule has 14 heavy (non-hydrogen) atoms. The number of nitrogen functional groups attached to an aromatic ring is 1. The Morgan fingerprint density at radius 3 is 2.79 bits per heavy atom. The van der Waals surface area contributed by atoms with Crippen molar-refractivity contribution >= 4 is 33.1 Å². The maximum Gasteiger partial charge on any atom is 0.348 e. The van der Waals surface area contributed by atoms with Crippen LogP contribution < -0.4 is 5.73 Å². The van der Waals surface area contributed by atoms with Gasteiger partial charge in [0.05, 0.1) is 5.69 Å². The van der Waals surface area contributed by atoms with E-state index >= 15 is 0 Å². The summed E-state index contributed by atoms with van der Waals surface area (Å²) < 4.78 is 0.961. The Morgan fingerprint density at radius 2 is 2.21 bits per heavy atom. The Morgan fingerprint density at radius 1 is 1.50 bits per heavy atom. The van der Waals surface area contributed by atoms with Crippen LogP contribution in [0.3, 0.4) is 0 Å². The molecule has 0 unspecified atom stereocenters. The first-order chi connectivity index (χ1) is 6.61. The van der Waals surface area contributed by atoms with Crippen LogP contribution in [0.5, 0.6) is 0 Å². The normalized spacial score (nSPS) is 10.6. The van der Waals surface area contributed by atoms with Crippen molar-refractivity contribution in [3.63, 3.8) is 0 Å². The highest BCUT2D eigenvalue weighted by atomic mass is 32.1. The van der Waals surface area contributed by atoms with Crippen molar-refractivity contribution in [2.45, 2.75) is 6.92 Å². The molecule has 0 fully saturated rings. The highest BCUT2D eigenvalue weighted by molar-refractivity contribution is 7.21. The molecule has 0 radical (unpaired) electrons. The standard InChI is InChI=1S/C10H9NO2S/c1-5-3-2-4-6-7(11)9(10(12)13)14-8(5)6/h2-4H,11H2,1H3,(H,12,13). The summed E-state index contributed by atoms with van der Waals surface area (Å²) in [5.74, 6) is -0.955. The topological polar surface area (TPSA) is 63.3 Å². The Hall–Kier alpha value is -1.55. The summed E-state index contributed by atoms with van der Waals surface area (Å²) in [7, 11) is 0. The van der Waals surface area contributed by atoms with Crippen LogP contribution in [0.4, 0.5) is 5.69 Å². The summed E-state index contributed by atoms with van der Waals surface area (Å²) in [5.41, 5.74) is 7.18. The molecule has 1 aromatic heterocycles. The van der Waals surface area contributed by atoms with Gasteiger partial charge in [0.1, 0.15) is 4.88 Å². The van der Waals surface area contributed by atoms with E-state index in [0.717, 1.165) is 15.6 Å². The van der Waals surface area contributed by atoms with E-state index < -0.39 is 5.97 Å². The van der Waals surface area contributed by atoms with Crippen molar-refractivity contribution in [2.75, 3.05) is 5.73 Å². The Bertz CT molecular complexity index is 516. The molecular formula is C10H9NO2S. The van der Waals surface area contributed by atoms with Gasteiger partial charge >= 0.3 is 5.97 Å². The average Bonchev–Trinajstić information content (AvgIpc) is 2.46. The molecule has 1 heterocycles. The minimum atomic E-state index is -0.955. The van der Waals surface area contributed by atoms with Gasteiger partial charge in [0.25, 0.3) is 0 Å². The zero-order valence-corrected chi connectivity index (χ0v) is 8.39.